The molecule has 0 fully saturated rings. The molecule has 1 atom stereocenters. The fraction of sp³-hybridized carbons (Fsp3) is 0.143. The average molecular weight is 318 g/mol. The molecule has 0 aliphatic carbocycles. The Kier molecular flexibility index (Phi) is 3.08. The lowest BCUT2D eigenvalue weighted by Crippen LogP contribution is -2.06. The molecule has 96 valence electrons. The zero-order chi connectivity index (χ0) is 13.4. The number of halogens is 1. The van der Waals surface area contributed by atoms with Crippen LogP contribution in [0.2, 0.25) is 0 Å². The number of nitrogens with two attached hydrogens (primary N) is 1. The molecule has 3 rings (SSSR count). The van der Waals surface area contributed by atoms with E-state index in [1.165, 1.54) is 0 Å². The molecule has 3 aromatic rings. The first-order valence-corrected chi connectivity index (χ1v) is 6.71. The number of fused-ring (bicyclic) bond motifs is 1. The summed E-state index contributed by atoms with van der Waals surface area (Å²) in [5.74, 6) is 1.02. The minimum absolute atomic E-state index is 0.228. The second-order valence-electron chi connectivity index (χ2n) is 4.45. The zero-order valence-corrected chi connectivity index (χ0v) is 11.9. The average Bonchev–Trinajstić information content (AvgIpc) is 2.88. The molecule has 0 amide bonds. The van der Waals surface area contributed by atoms with E-state index in [9.17, 15) is 0 Å². The fourth-order valence-corrected chi connectivity index (χ4v) is 2.27. The number of benzene rings is 2. The van der Waals surface area contributed by atoms with Crippen LogP contribution in [0.5, 0.6) is 0 Å². The van der Waals surface area contributed by atoms with Gasteiger partial charge in [-0.2, -0.15) is 4.98 Å². The Hall–Kier alpha value is -1.72. The highest BCUT2D eigenvalue weighted by atomic mass is 79.9. The van der Waals surface area contributed by atoms with E-state index in [0.29, 0.717) is 11.7 Å². The van der Waals surface area contributed by atoms with Crippen molar-refractivity contribution in [2.24, 2.45) is 5.73 Å². The van der Waals surface area contributed by atoms with E-state index in [2.05, 4.69) is 32.1 Å². The lowest BCUT2D eigenvalue weighted by molar-refractivity contribution is 0.418. The van der Waals surface area contributed by atoms with Crippen LogP contribution >= 0.6 is 15.9 Å². The van der Waals surface area contributed by atoms with Crippen molar-refractivity contribution in [3.05, 3.63) is 46.7 Å². The summed E-state index contributed by atoms with van der Waals surface area (Å²) < 4.78 is 6.29. The second-order valence-corrected chi connectivity index (χ2v) is 5.37. The molecule has 0 bridgehead atoms. The Morgan fingerprint density at radius 2 is 1.89 bits per heavy atom. The lowest BCUT2D eigenvalue weighted by Gasteiger charge is -2.00. The molecule has 0 aliphatic rings. The molecule has 0 spiro atoms. The number of rotatable bonds is 2. The third-order valence-corrected chi connectivity index (χ3v) is 3.39. The predicted octanol–water partition coefficient (Wildman–Crippen LogP) is 3.67. The van der Waals surface area contributed by atoms with Crippen LogP contribution in [-0.2, 0) is 0 Å². The number of hydrogen-bond acceptors (Lipinski definition) is 4. The highest BCUT2D eigenvalue weighted by molar-refractivity contribution is 9.10. The summed E-state index contributed by atoms with van der Waals surface area (Å²) in [5.41, 5.74) is 6.62. The van der Waals surface area contributed by atoms with E-state index in [1.54, 1.807) is 0 Å². The smallest absolute Gasteiger partial charge is 0.258 e. The van der Waals surface area contributed by atoms with Crippen molar-refractivity contribution in [2.75, 3.05) is 0 Å². The van der Waals surface area contributed by atoms with Crippen LogP contribution in [0.25, 0.3) is 22.2 Å². The molecular weight excluding hydrogens is 306 g/mol. The first-order valence-electron chi connectivity index (χ1n) is 5.92. The highest BCUT2D eigenvalue weighted by Crippen LogP contribution is 2.26. The summed E-state index contributed by atoms with van der Waals surface area (Å²) in [6.45, 7) is 1.83. The van der Waals surface area contributed by atoms with Crippen LogP contribution in [-0.4, -0.2) is 10.1 Å². The molecule has 0 saturated heterocycles. The van der Waals surface area contributed by atoms with Crippen molar-refractivity contribution in [1.29, 1.82) is 0 Å². The maximum Gasteiger partial charge on any atom is 0.258 e. The van der Waals surface area contributed by atoms with E-state index >= 15 is 0 Å². The second kappa shape index (κ2) is 4.75. The van der Waals surface area contributed by atoms with Crippen molar-refractivity contribution in [2.45, 2.75) is 13.0 Å². The summed E-state index contributed by atoms with van der Waals surface area (Å²) in [4.78, 5) is 4.29. The van der Waals surface area contributed by atoms with Gasteiger partial charge in [-0.15, -0.1) is 0 Å². The minimum atomic E-state index is -0.228. The van der Waals surface area contributed by atoms with Gasteiger partial charge in [-0.25, -0.2) is 0 Å². The van der Waals surface area contributed by atoms with Crippen molar-refractivity contribution in [3.8, 4) is 11.5 Å². The molecule has 2 aromatic carbocycles. The van der Waals surface area contributed by atoms with E-state index < -0.39 is 0 Å². The summed E-state index contributed by atoms with van der Waals surface area (Å²) >= 11 is 3.46. The van der Waals surface area contributed by atoms with Gasteiger partial charge in [0.25, 0.3) is 5.89 Å². The van der Waals surface area contributed by atoms with Gasteiger partial charge in [0.15, 0.2) is 5.82 Å². The Morgan fingerprint density at radius 1 is 1.16 bits per heavy atom. The standard InChI is InChI=1S/C14H12BrN3O/c1-8(16)13-17-14(19-18-13)11-3-2-10-7-12(15)5-4-9(10)6-11/h2-8H,16H2,1H3. The predicted molar refractivity (Wildman–Crippen MR) is 77.5 cm³/mol. The Morgan fingerprint density at radius 3 is 2.63 bits per heavy atom. The molecule has 19 heavy (non-hydrogen) atoms. The van der Waals surface area contributed by atoms with Crippen molar-refractivity contribution in [1.82, 2.24) is 10.1 Å². The minimum Gasteiger partial charge on any atom is -0.334 e. The topological polar surface area (TPSA) is 64.9 Å². The van der Waals surface area contributed by atoms with Crippen LogP contribution < -0.4 is 5.73 Å². The monoisotopic (exact) mass is 317 g/mol. The van der Waals surface area contributed by atoms with Crippen LogP contribution in [0, 0.1) is 0 Å². The van der Waals surface area contributed by atoms with Gasteiger partial charge in [-0.1, -0.05) is 33.2 Å². The third kappa shape index (κ3) is 2.39. The van der Waals surface area contributed by atoms with E-state index in [-0.39, 0.29) is 6.04 Å². The lowest BCUT2D eigenvalue weighted by atomic mass is 10.1. The fourth-order valence-electron chi connectivity index (χ4n) is 1.89. The number of aromatic nitrogens is 2. The van der Waals surface area contributed by atoms with Gasteiger partial charge in [-0.05, 0) is 42.0 Å². The van der Waals surface area contributed by atoms with Gasteiger partial charge in [-0.3, -0.25) is 0 Å². The molecule has 1 heterocycles. The van der Waals surface area contributed by atoms with Crippen molar-refractivity contribution < 1.29 is 4.52 Å². The van der Waals surface area contributed by atoms with Crippen LogP contribution in [0.15, 0.2) is 45.4 Å². The largest absolute Gasteiger partial charge is 0.334 e. The summed E-state index contributed by atoms with van der Waals surface area (Å²) in [6.07, 6.45) is 0. The van der Waals surface area contributed by atoms with E-state index in [1.807, 2.05) is 37.3 Å². The Bertz CT molecular complexity index is 736. The van der Waals surface area contributed by atoms with E-state index in [4.69, 9.17) is 10.3 Å². The first-order chi connectivity index (χ1) is 9.13. The SMILES string of the molecule is CC(N)c1noc(-c2ccc3cc(Br)ccc3c2)n1. The van der Waals surface area contributed by atoms with Crippen LogP contribution in [0.3, 0.4) is 0 Å². The van der Waals surface area contributed by atoms with Crippen molar-refractivity contribution in [3.63, 3.8) is 0 Å². The third-order valence-electron chi connectivity index (χ3n) is 2.90. The van der Waals surface area contributed by atoms with Crippen LogP contribution in [0.4, 0.5) is 0 Å². The first kappa shape index (κ1) is 12.3. The Balaban J connectivity index is 2.07. The van der Waals surface area contributed by atoms with E-state index in [0.717, 1.165) is 20.8 Å². The molecule has 5 heteroatoms. The number of hydrogen-bond donors (Lipinski definition) is 1. The Labute approximate surface area is 118 Å². The zero-order valence-electron chi connectivity index (χ0n) is 10.3. The maximum absolute atomic E-state index is 5.72. The molecule has 0 saturated carbocycles. The molecule has 0 aliphatic heterocycles. The van der Waals surface area contributed by atoms with Gasteiger partial charge >= 0.3 is 0 Å². The van der Waals surface area contributed by atoms with Gasteiger partial charge in [0.1, 0.15) is 0 Å². The summed E-state index contributed by atoms with van der Waals surface area (Å²) in [7, 11) is 0. The van der Waals surface area contributed by atoms with Gasteiger partial charge in [0.2, 0.25) is 0 Å². The molecular formula is C14H12BrN3O. The number of nitrogens with zero attached hydrogens (tertiary/aromatic N) is 2. The highest BCUT2D eigenvalue weighted by Gasteiger charge is 2.11. The molecule has 2 N–H and O–H groups in total. The summed E-state index contributed by atoms with van der Waals surface area (Å²) in [6, 6.07) is 11.9. The molecule has 4 nitrogen and oxygen atoms in total. The van der Waals surface area contributed by atoms with Crippen LogP contribution in [0.1, 0.15) is 18.8 Å². The summed E-state index contributed by atoms with van der Waals surface area (Å²) in [5, 5.41) is 6.15. The maximum atomic E-state index is 5.72. The van der Waals surface area contributed by atoms with Crippen molar-refractivity contribution >= 4 is 26.7 Å². The normalized spacial score (nSPS) is 12.8. The van der Waals surface area contributed by atoms with Gasteiger partial charge in [0, 0.05) is 10.0 Å². The molecule has 0 radical (unpaired) electrons. The molecule has 1 unspecified atom stereocenters. The van der Waals surface area contributed by atoms with Gasteiger partial charge < -0.3 is 10.3 Å². The quantitative estimate of drug-likeness (QED) is 0.783. The van der Waals surface area contributed by atoms with Gasteiger partial charge in [0.05, 0.1) is 6.04 Å². The molecule has 1 aromatic heterocycles.